The number of fused-ring (bicyclic) bond motifs is 1. The molecule has 94 valence electrons. The van der Waals surface area contributed by atoms with E-state index in [2.05, 4.69) is 46.9 Å². The zero-order valence-electron chi connectivity index (χ0n) is 11.0. The maximum absolute atomic E-state index is 4.38. The minimum atomic E-state index is 0.421. The van der Waals surface area contributed by atoms with Gasteiger partial charge < -0.3 is 9.88 Å². The Morgan fingerprint density at radius 2 is 2.06 bits per heavy atom. The first-order chi connectivity index (χ1) is 8.74. The molecule has 0 spiro atoms. The highest BCUT2D eigenvalue weighted by Crippen LogP contribution is 2.26. The number of hydrogen-bond donors (Lipinski definition) is 1. The van der Waals surface area contributed by atoms with E-state index in [-0.39, 0.29) is 0 Å². The number of anilines is 2. The molecule has 3 heteroatoms. The van der Waals surface area contributed by atoms with Crippen molar-refractivity contribution in [3.05, 3.63) is 41.7 Å². The van der Waals surface area contributed by atoms with Crippen LogP contribution in [0.4, 0.5) is 11.6 Å². The molecule has 18 heavy (non-hydrogen) atoms. The van der Waals surface area contributed by atoms with Crippen molar-refractivity contribution in [3.63, 3.8) is 0 Å². The van der Waals surface area contributed by atoms with Crippen molar-refractivity contribution >= 4 is 11.6 Å². The molecule has 0 radical (unpaired) electrons. The van der Waals surface area contributed by atoms with E-state index in [4.69, 9.17) is 0 Å². The quantitative estimate of drug-likeness (QED) is 0.888. The molecular formula is C15H19N3. The van der Waals surface area contributed by atoms with Crippen LogP contribution in [0.2, 0.25) is 0 Å². The summed E-state index contributed by atoms with van der Waals surface area (Å²) < 4.78 is 2.15. The van der Waals surface area contributed by atoms with Crippen molar-refractivity contribution in [1.29, 1.82) is 0 Å². The predicted molar refractivity (Wildman–Crippen MR) is 74.4 cm³/mol. The van der Waals surface area contributed by atoms with Crippen LogP contribution in [0, 0.1) is 0 Å². The van der Waals surface area contributed by atoms with Gasteiger partial charge in [0.25, 0.3) is 0 Å². The van der Waals surface area contributed by atoms with Crippen molar-refractivity contribution in [2.45, 2.75) is 39.2 Å². The van der Waals surface area contributed by atoms with Gasteiger partial charge in [-0.25, -0.2) is 4.98 Å². The van der Waals surface area contributed by atoms with Gasteiger partial charge in [0.2, 0.25) is 5.95 Å². The van der Waals surface area contributed by atoms with Gasteiger partial charge in [-0.05, 0) is 56.4 Å². The summed E-state index contributed by atoms with van der Waals surface area (Å²) in [6.07, 6.45) is 7.59. The Morgan fingerprint density at radius 1 is 1.22 bits per heavy atom. The first kappa shape index (κ1) is 11.3. The molecule has 0 fully saturated rings. The van der Waals surface area contributed by atoms with E-state index in [9.17, 15) is 0 Å². The van der Waals surface area contributed by atoms with Gasteiger partial charge >= 0.3 is 0 Å². The largest absolute Gasteiger partial charge is 0.326 e. The fraction of sp³-hybridized carbons (Fsp3) is 0.400. The van der Waals surface area contributed by atoms with Crippen molar-refractivity contribution in [3.8, 4) is 0 Å². The van der Waals surface area contributed by atoms with E-state index in [0.717, 1.165) is 11.6 Å². The molecular weight excluding hydrogens is 222 g/mol. The van der Waals surface area contributed by atoms with Crippen LogP contribution in [0.3, 0.4) is 0 Å². The minimum absolute atomic E-state index is 0.421. The predicted octanol–water partition coefficient (Wildman–Crippen LogP) is 3.70. The summed E-state index contributed by atoms with van der Waals surface area (Å²) >= 11 is 0. The number of nitrogens with one attached hydrogen (secondary N) is 1. The Balaban J connectivity index is 1.86. The van der Waals surface area contributed by atoms with Crippen molar-refractivity contribution < 1.29 is 0 Å². The average molecular weight is 241 g/mol. The van der Waals surface area contributed by atoms with E-state index in [1.54, 1.807) is 0 Å². The molecule has 0 atom stereocenters. The van der Waals surface area contributed by atoms with E-state index in [1.807, 2.05) is 12.4 Å². The highest BCUT2D eigenvalue weighted by molar-refractivity contribution is 5.57. The third kappa shape index (κ3) is 2.01. The fourth-order valence-corrected chi connectivity index (χ4v) is 2.61. The van der Waals surface area contributed by atoms with Gasteiger partial charge in [-0.1, -0.05) is 6.07 Å². The van der Waals surface area contributed by atoms with Gasteiger partial charge in [0.05, 0.1) is 0 Å². The molecule has 3 nitrogen and oxygen atoms in total. The number of rotatable bonds is 3. The van der Waals surface area contributed by atoms with Crippen LogP contribution in [-0.2, 0) is 12.8 Å². The second-order valence-corrected chi connectivity index (χ2v) is 5.21. The van der Waals surface area contributed by atoms with Gasteiger partial charge in [0.1, 0.15) is 0 Å². The number of benzene rings is 1. The monoisotopic (exact) mass is 241 g/mol. The van der Waals surface area contributed by atoms with E-state index in [0.29, 0.717) is 6.04 Å². The molecule has 1 heterocycles. The standard InChI is InChI=1S/C15H19N3/c1-11(2)18-9-8-16-15(18)17-14-7-6-12-4-3-5-13(12)10-14/h6-11H,3-5H2,1-2H3,(H,16,17). The summed E-state index contributed by atoms with van der Waals surface area (Å²) in [6.45, 7) is 4.32. The Hall–Kier alpha value is -1.77. The Labute approximate surface area is 108 Å². The Kier molecular flexibility index (Phi) is 2.82. The lowest BCUT2D eigenvalue weighted by atomic mass is 10.1. The topological polar surface area (TPSA) is 29.9 Å². The SMILES string of the molecule is CC(C)n1ccnc1Nc1ccc2c(c1)CCC2. The molecule has 1 aliphatic rings. The first-order valence-electron chi connectivity index (χ1n) is 6.65. The summed E-state index contributed by atoms with van der Waals surface area (Å²) in [7, 11) is 0. The zero-order chi connectivity index (χ0) is 12.5. The third-order valence-electron chi connectivity index (χ3n) is 3.58. The van der Waals surface area contributed by atoms with Gasteiger partial charge in [-0.15, -0.1) is 0 Å². The second kappa shape index (κ2) is 4.48. The van der Waals surface area contributed by atoms with Gasteiger partial charge in [0.15, 0.2) is 0 Å². The lowest BCUT2D eigenvalue weighted by Gasteiger charge is -2.13. The highest BCUT2D eigenvalue weighted by atomic mass is 15.2. The molecule has 0 amide bonds. The molecule has 1 aromatic carbocycles. The maximum Gasteiger partial charge on any atom is 0.207 e. The van der Waals surface area contributed by atoms with Crippen molar-refractivity contribution in [2.24, 2.45) is 0 Å². The summed E-state index contributed by atoms with van der Waals surface area (Å²) in [6, 6.07) is 7.09. The molecule has 0 bridgehead atoms. The normalized spacial score (nSPS) is 13.9. The van der Waals surface area contributed by atoms with Crippen LogP contribution in [-0.4, -0.2) is 9.55 Å². The van der Waals surface area contributed by atoms with Gasteiger partial charge in [0, 0.05) is 24.1 Å². The van der Waals surface area contributed by atoms with E-state index in [1.165, 1.54) is 30.4 Å². The summed E-state index contributed by atoms with van der Waals surface area (Å²) in [5.74, 6) is 0.919. The molecule has 1 aliphatic carbocycles. The molecule has 0 saturated carbocycles. The first-order valence-corrected chi connectivity index (χ1v) is 6.65. The lowest BCUT2D eigenvalue weighted by Crippen LogP contribution is -2.05. The molecule has 0 unspecified atom stereocenters. The molecule has 2 aromatic rings. The zero-order valence-corrected chi connectivity index (χ0v) is 11.0. The van der Waals surface area contributed by atoms with E-state index < -0.39 is 0 Å². The van der Waals surface area contributed by atoms with Gasteiger partial charge in [-0.3, -0.25) is 0 Å². The van der Waals surface area contributed by atoms with Crippen LogP contribution in [0.1, 0.15) is 37.4 Å². The van der Waals surface area contributed by atoms with E-state index >= 15 is 0 Å². The number of nitrogens with zero attached hydrogens (tertiary/aromatic N) is 2. The Morgan fingerprint density at radius 3 is 2.89 bits per heavy atom. The van der Waals surface area contributed by atoms with Crippen LogP contribution in [0.15, 0.2) is 30.6 Å². The van der Waals surface area contributed by atoms with Crippen molar-refractivity contribution in [1.82, 2.24) is 9.55 Å². The summed E-state index contributed by atoms with van der Waals surface area (Å²) in [5.41, 5.74) is 4.14. The second-order valence-electron chi connectivity index (χ2n) is 5.21. The van der Waals surface area contributed by atoms with Crippen LogP contribution in [0.25, 0.3) is 0 Å². The van der Waals surface area contributed by atoms with Crippen LogP contribution in [0.5, 0.6) is 0 Å². The highest BCUT2D eigenvalue weighted by Gasteiger charge is 2.12. The number of aryl methyl sites for hydroxylation is 2. The number of imidazole rings is 1. The third-order valence-corrected chi connectivity index (χ3v) is 3.58. The number of aromatic nitrogens is 2. The maximum atomic E-state index is 4.38. The lowest BCUT2D eigenvalue weighted by molar-refractivity contribution is 0.608. The summed E-state index contributed by atoms with van der Waals surface area (Å²) in [5, 5.41) is 3.42. The summed E-state index contributed by atoms with van der Waals surface area (Å²) in [4.78, 5) is 4.38. The number of hydrogen-bond acceptors (Lipinski definition) is 2. The van der Waals surface area contributed by atoms with Crippen LogP contribution >= 0.6 is 0 Å². The molecule has 1 aromatic heterocycles. The fourth-order valence-electron chi connectivity index (χ4n) is 2.61. The molecule has 0 saturated heterocycles. The molecule has 3 rings (SSSR count). The van der Waals surface area contributed by atoms with Crippen molar-refractivity contribution in [2.75, 3.05) is 5.32 Å². The van der Waals surface area contributed by atoms with Crippen LogP contribution < -0.4 is 5.32 Å². The molecule has 0 aliphatic heterocycles. The average Bonchev–Trinajstić information content (AvgIpc) is 2.96. The smallest absolute Gasteiger partial charge is 0.207 e. The Bertz CT molecular complexity index is 555. The van der Waals surface area contributed by atoms with Gasteiger partial charge in [-0.2, -0.15) is 0 Å². The minimum Gasteiger partial charge on any atom is -0.326 e. The molecule has 1 N–H and O–H groups in total.